The summed E-state index contributed by atoms with van der Waals surface area (Å²) < 4.78 is 0. The fourth-order valence-corrected chi connectivity index (χ4v) is 3.56. The normalized spacial score (nSPS) is 15.0. The van der Waals surface area contributed by atoms with Crippen LogP contribution in [0.15, 0.2) is 72.8 Å². The number of hydrogen-bond donors (Lipinski definition) is 1. The number of benzene rings is 3. The molecule has 26 heavy (non-hydrogen) atoms. The van der Waals surface area contributed by atoms with Gasteiger partial charge in [0, 0.05) is 16.8 Å². The highest BCUT2D eigenvalue weighted by molar-refractivity contribution is 6.34. The van der Waals surface area contributed by atoms with Crippen molar-refractivity contribution in [2.24, 2.45) is 0 Å². The highest BCUT2D eigenvalue weighted by Crippen LogP contribution is 2.40. The Bertz CT molecular complexity index is 986. The molecule has 0 spiro atoms. The molecule has 4 rings (SSSR count). The van der Waals surface area contributed by atoms with E-state index in [1.807, 2.05) is 62.4 Å². The van der Waals surface area contributed by atoms with Gasteiger partial charge in [0.2, 0.25) is 11.6 Å². The van der Waals surface area contributed by atoms with E-state index in [0.29, 0.717) is 16.7 Å². The van der Waals surface area contributed by atoms with Crippen LogP contribution in [0.3, 0.4) is 0 Å². The van der Waals surface area contributed by atoms with Crippen LogP contribution in [0, 0.1) is 13.8 Å². The van der Waals surface area contributed by atoms with Crippen molar-refractivity contribution in [3.8, 4) is 0 Å². The molecule has 1 aliphatic carbocycles. The summed E-state index contributed by atoms with van der Waals surface area (Å²) in [4.78, 5) is 26.8. The molecule has 1 aliphatic rings. The molecule has 0 aliphatic heterocycles. The number of carbonyl (C=O) groups excluding carboxylic acids is 2. The van der Waals surface area contributed by atoms with Crippen molar-refractivity contribution in [1.82, 2.24) is 0 Å². The molecule has 0 aromatic heterocycles. The van der Waals surface area contributed by atoms with Crippen molar-refractivity contribution in [3.05, 3.63) is 101 Å². The molecule has 0 saturated carbocycles. The highest BCUT2D eigenvalue weighted by Gasteiger charge is 2.54. The third-order valence-corrected chi connectivity index (χ3v) is 5.14. The first-order valence-corrected chi connectivity index (χ1v) is 8.63. The van der Waals surface area contributed by atoms with Gasteiger partial charge in [0.15, 0.2) is 5.54 Å². The first-order chi connectivity index (χ1) is 12.5. The van der Waals surface area contributed by atoms with Gasteiger partial charge < -0.3 is 5.32 Å². The number of rotatable bonds is 3. The molecule has 0 amide bonds. The first-order valence-electron chi connectivity index (χ1n) is 8.63. The third kappa shape index (κ3) is 2.28. The average molecular weight is 341 g/mol. The Morgan fingerprint density at radius 2 is 1.27 bits per heavy atom. The lowest BCUT2D eigenvalue weighted by Gasteiger charge is -2.29. The Morgan fingerprint density at radius 3 is 1.85 bits per heavy atom. The minimum absolute atomic E-state index is 0.206. The van der Waals surface area contributed by atoms with Crippen LogP contribution in [0.1, 0.15) is 37.4 Å². The van der Waals surface area contributed by atoms with E-state index < -0.39 is 5.54 Å². The van der Waals surface area contributed by atoms with Crippen molar-refractivity contribution in [3.63, 3.8) is 0 Å². The van der Waals surface area contributed by atoms with Gasteiger partial charge in [-0.25, -0.2) is 0 Å². The number of ketones is 2. The maximum Gasteiger partial charge on any atom is 0.201 e. The van der Waals surface area contributed by atoms with Gasteiger partial charge >= 0.3 is 0 Å². The van der Waals surface area contributed by atoms with Crippen molar-refractivity contribution < 1.29 is 9.59 Å². The number of fused-ring (bicyclic) bond motifs is 1. The zero-order valence-electron chi connectivity index (χ0n) is 14.7. The quantitative estimate of drug-likeness (QED) is 0.703. The molecule has 3 heteroatoms. The Morgan fingerprint density at radius 1 is 0.692 bits per heavy atom. The first kappa shape index (κ1) is 16.3. The number of Topliss-reactive ketones (excluding diaryl/α,β-unsaturated/α-hetero) is 2. The molecule has 128 valence electrons. The number of carbonyl (C=O) groups is 2. The lowest BCUT2D eigenvalue weighted by molar-refractivity contribution is 0.0819. The predicted molar refractivity (Wildman–Crippen MR) is 103 cm³/mol. The Labute approximate surface area is 152 Å². The zero-order valence-corrected chi connectivity index (χ0v) is 14.7. The molecule has 3 nitrogen and oxygen atoms in total. The molecule has 0 unspecified atom stereocenters. The molecule has 0 atom stereocenters. The van der Waals surface area contributed by atoms with E-state index in [1.165, 1.54) is 0 Å². The summed E-state index contributed by atoms with van der Waals surface area (Å²) in [7, 11) is 0. The van der Waals surface area contributed by atoms with Crippen LogP contribution < -0.4 is 5.32 Å². The van der Waals surface area contributed by atoms with E-state index in [2.05, 4.69) is 5.32 Å². The van der Waals surface area contributed by atoms with Gasteiger partial charge in [-0.1, -0.05) is 60.7 Å². The van der Waals surface area contributed by atoms with E-state index in [0.717, 1.165) is 16.8 Å². The number of anilines is 1. The number of nitrogens with one attached hydrogen (secondary N) is 1. The van der Waals surface area contributed by atoms with Crippen molar-refractivity contribution in [2.75, 3.05) is 5.32 Å². The maximum atomic E-state index is 13.4. The van der Waals surface area contributed by atoms with E-state index in [-0.39, 0.29) is 11.6 Å². The van der Waals surface area contributed by atoms with Gasteiger partial charge in [-0.15, -0.1) is 0 Å². The molecular formula is C23H19NO2. The van der Waals surface area contributed by atoms with Crippen molar-refractivity contribution >= 4 is 17.3 Å². The monoisotopic (exact) mass is 341 g/mol. The lowest BCUT2D eigenvalue weighted by Crippen LogP contribution is -2.46. The van der Waals surface area contributed by atoms with E-state index in [1.54, 1.807) is 24.3 Å². The van der Waals surface area contributed by atoms with E-state index >= 15 is 0 Å². The van der Waals surface area contributed by atoms with Crippen LogP contribution in [-0.4, -0.2) is 11.6 Å². The largest absolute Gasteiger partial charge is 0.363 e. The molecule has 0 radical (unpaired) electrons. The fourth-order valence-electron chi connectivity index (χ4n) is 3.56. The summed E-state index contributed by atoms with van der Waals surface area (Å²) in [5.41, 5.74) is 3.20. The second-order valence-corrected chi connectivity index (χ2v) is 6.74. The van der Waals surface area contributed by atoms with Crippen LogP contribution in [0.2, 0.25) is 0 Å². The topological polar surface area (TPSA) is 46.2 Å². The second-order valence-electron chi connectivity index (χ2n) is 6.74. The minimum atomic E-state index is -1.42. The van der Waals surface area contributed by atoms with Gasteiger partial charge in [-0.3, -0.25) is 9.59 Å². The standard InChI is InChI=1S/C23H19NO2/c1-15-12-13-18(14-16(15)2)24-23(17-8-4-3-5-9-17)21(25)19-10-6-7-11-20(19)22(23)26/h3-14,24H,1-2H3. The summed E-state index contributed by atoms with van der Waals surface area (Å²) in [5.74, 6) is -0.412. The molecule has 3 aromatic carbocycles. The molecule has 0 heterocycles. The van der Waals surface area contributed by atoms with E-state index in [4.69, 9.17) is 0 Å². The lowest BCUT2D eigenvalue weighted by atomic mass is 9.84. The second kappa shape index (κ2) is 5.95. The van der Waals surface area contributed by atoms with Crippen molar-refractivity contribution in [2.45, 2.75) is 19.4 Å². The zero-order chi connectivity index (χ0) is 18.3. The van der Waals surface area contributed by atoms with Crippen molar-refractivity contribution in [1.29, 1.82) is 0 Å². The Balaban J connectivity index is 1.91. The molecule has 0 fully saturated rings. The van der Waals surface area contributed by atoms with Gasteiger partial charge in [0.1, 0.15) is 0 Å². The third-order valence-electron chi connectivity index (χ3n) is 5.14. The van der Waals surface area contributed by atoms with Crippen LogP contribution >= 0.6 is 0 Å². The summed E-state index contributed by atoms with van der Waals surface area (Å²) in [6.07, 6.45) is 0. The predicted octanol–water partition coefficient (Wildman–Crippen LogP) is 4.69. The van der Waals surface area contributed by atoms with Crippen LogP contribution in [0.25, 0.3) is 0 Å². The molecule has 3 aromatic rings. The number of aryl methyl sites for hydroxylation is 2. The highest BCUT2D eigenvalue weighted by atomic mass is 16.2. The Hall–Kier alpha value is -3.20. The van der Waals surface area contributed by atoms with Gasteiger partial charge in [0.05, 0.1) is 0 Å². The molecule has 1 N–H and O–H groups in total. The SMILES string of the molecule is Cc1ccc(NC2(c3ccccc3)C(=O)c3ccccc3C2=O)cc1C. The van der Waals surface area contributed by atoms with Gasteiger partial charge in [-0.05, 0) is 42.7 Å². The maximum absolute atomic E-state index is 13.4. The van der Waals surface area contributed by atoms with Crippen LogP contribution in [0.4, 0.5) is 5.69 Å². The van der Waals surface area contributed by atoms with E-state index in [9.17, 15) is 9.59 Å². The summed E-state index contributed by atoms with van der Waals surface area (Å²) in [6, 6.07) is 22.2. The summed E-state index contributed by atoms with van der Waals surface area (Å²) >= 11 is 0. The minimum Gasteiger partial charge on any atom is -0.363 e. The molecule has 0 saturated heterocycles. The summed E-state index contributed by atoms with van der Waals surface area (Å²) in [6.45, 7) is 4.05. The van der Waals surface area contributed by atoms with Crippen LogP contribution in [0.5, 0.6) is 0 Å². The van der Waals surface area contributed by atoms with Crippen LogP contribution in [-0.2, 0) is 5.54 Å². The molecule has 0 bridgehead atoms. The average Bonchev–Trinajstić information content (AvgIpc) is 2.88. The molecular weight excluding hydrogens is 322 g/mol. The Kier molecular flexibility index (Phi) is 3.73. The summed E-state index contributed by atoms with van der Waals surface area (Å²) in [5, 5.41) is 3.29. The smallest absolute Gasteiger partial charge is 0.201 e. The number of hydrogen-bond acceptors (Lipinski definition) is 3. The fraction of sp³-hybridized carbons (Fsp3) is 0.130. The van der Waals surface area contributed by atoms with Gasteiger partial charge in [-0.2, -0.15) is 0 Å². The van der Waals surface area contributed by atoms with Gasteiger partial charge in [0.25, 0.3) is 0 Å².